The average Bonchev–Trinajstić information content (AvgIpc) is 3.25. The van der Waals surface area contributed by atoms with Crippen molar-refractivity contribution in [3.05, 3.63) is 53.2 Å². The molecule has 0 spiro atoms. The Morgan fingerprint density at radius 3 is 2.56 bits per heavy atom. The van der Waals surface area contributed by atoms with E-state index in [0.717, 1.165) is 61.3 Å². The van der Waals surface area contributed by atoms with Crippen LogP contribution in [0.1, 0.15) is 56.3 Å². The van der Waals surface area contributed by atoms with Gasteiger partial charge in [-0.2, -0.15) is 5.10 Å². The van der Waals surface area contributed by atoms with E-state index in [2.05, 4.69) is 67.7 Å². The highest BCUT2D eigenvalue weighted by Gasteiger charge is 2.31. The number of likely N-dealkylation sites (N-methyl/N-ethyl adjacent to an activating group) is 1. The Labute approximate surface area is 202 Å². The Kier molecular flexibility index (Phi) is 5.88. The van der Waals surface area contributed by atoms with Crippen LogP contribution >= 0.6 is 0 Å². The fourth-order valence-corrected chi connectivity index (χ4v) is 5.53. The lowest BCUT2D eigenvalue weighted by Crippen LogP contribution is -2.37. The van der Waals surface area contributed by atoms with Gasteiger partial charge in [0.25, 0.3) is 5.91 Å². The molecule has 2 aromatic carbocycles. The minimum atomic E-state index is -0.110. The number of hydrogen-bond donors (Lipinski definition) is 0. The summed E-state index contributed by atoms with van der Waals surface area (Å²) < 4.78 is 8.27. The van der Waals surface area contributed by atoms with Crippen LogP contribution in [0, 0.1) is 0 Å². The summed E-state index contributed by atoms with van der Waals surface area (Å²) in [5.41, 5.74) is 5.65. The first-order valence-electron chi connectivity index (χ1n) is 12.5. The molecule has 2 aliphatic rings. The van der Waals surface area contributed by atoms with Crippen LogP contribution in [0.3, 0.4) is 0 Å². The molecule has 1 amide bonds. The number of benzene rings is 2. The number of carbonyl (C=O) groups excluding carboxylic acids is 1. The fraction of sp³-hybridized carbons (Fsp3) is 0.500. The Balaban J connectivity index is 1.48. The molecule has 0 saturated carbocycles. The van der Waals surface area contributed by atoms with Gasteiger partial charge in [0.2, 0.25) is 0 Å². The summed E-state index contributed by atoms with van der Waals surface area (Å²) >= 11 is 0. The topological polar surface area (TPSA) is 50.6 Å². The van der Waals surface area contributed by atoms with Gasteiger partial charge in [-0.25, -0.2) is 0 Å². The van der Waals surface area contributed by atoms with Crippen molar-refractivity contribution >= 4 is 22.5 Å². The molecule has 0 aliphatic carbocycles. The molecule has 1 fully saturated rings. The lowest BCUT2D eigenvalue weighted by Gasteiger charge is -2.33. The van der Waals surface area contributed by atoms with Crippen LogP contribution in [0.5, 0.6) is 5.75 Å². The van der Waals surface area contributed by atoms with Crippen molar-refractivity contribution in [3.8, 4) is 5.75 Å². The molecular weight excluding hydrogens is 424 g/mol. The molecule has 5 rings (SSSR count). The van der Waals surface area contributed by atoms with E-state index >= 15 is 0 Å². The average molecular weight is 461 g/mol. The number of likely N-dealkylation sites (tertiary alicyclic amines) is 1. The summed E-state index contributed by atoms with van der Waals surface area (Å²) in [4.78, 5) is 16.5. The van der Waals surface area contributed by atoms with Gasteiger partial charge in [-0.3, -0.25) is 9.48 Å². The first kappa shape index (κ1) is 22.9. The van der Waals surface area contributed by atoms with Crippen molar-refractivity contribution < 1.29 is 9.53 Å². The van der Waals surface area contributed by atoms with Gasteiger partial charge in [-0.1, -0.05) is 45.0 Å². The van der Waals surface area contributed by atoms with Crippen molar-refractivity contribution in [3.63, 3.8) is 0 Å². The first-order chi connectivity index (χ1) is 16.3. The Bertz CT molecular complexity index is 1220. The SMILES string of the molecule is CCc1ccc(CC(C)(C)c2ccc3cnn(C4CCN(C)CC4)c3c2)c2c1N(C)C(=O)CO2. The van der Waals surface area contributed by atoms with Crippen LogP contribution in [0.25, 0.3) is 10.9 Å². The highest BCUT2D eigenvalue weighted by molar-refractivity contribution is 5.98. The normalized spacial score (nSPS) is 17.8. The summed E-state index contributed by atoms with van der Waals surface area (Å²) in [5, 5.41) is 5.98. The fourth-order valence-electron chi connectivity index (χ4n) is 5.53. The Hall–Kier alpha value is -2.86. The molecule has 6 nitrogen and oxygen atoms in total. The third kappa shape index (κ3) is 3.98. The Morgan fingerprint density at radius 2 is 1.82 bits per heavy atom. The zero-order valence-corrected chi connectivity index (χ0v) is 21.1. The molecule has 1 aromatic heterocycles. The molecule has 0 atom stereocenters. The summed E-state index contributed by atoms with van der Waals surface area (Å²) in [6.07, 6.45) is 5.98. The van der Waals surface area contributed by atoms with Crippen LogP contribution < -0.4 is 9.64 Å². The molecular formula is C28H36N4O2. The van der Waals surface area contributed by atoms with Gasteiger partial charge in [0.1, 0.15) is 5.75 Å². The third-order valence-electron chi connectivity index (χ3n) is 7.77. The zero-order valence-electron chi connectivity index (χ0n) is 21.1. The van der Waals surface area contributed by atoms with Crippen LogP contribution in [-0.2, 0) is 23.1 Å². The van der Waals surface area contributed by atoms with E-state index in [1.807, 2.05) is 13.2 Å². The molecule has 3 aromatic rings. The summed E-state index contributed by atoms with van der Waals surface area (Å²) in [5.74, 6) is 0.873. The quantitative estimate of drug-likeness (QED) is 0.552. The lowest BCUT2D eigenvalue weighted by atomic mass is 9.78. The van der Waals surface area contributed by atoms with Crippen molar-refractivity contribution in [2.45, 2.75) is 57.9 Å². The third-order valence-corrected chi connectivity index (χ3v) is 7.77. The number of ether oxygens (including phenoxy) is 1. The number of amides is 1. The second kappa shape index (κ2) is 8.73. The number of nitrogens with zero attached hydrogens (tertiary/aromatic N) is 4. The predicted octanol–water partition coefficient (Wildman–Crippen LogP) is 4.74. The van der Waals surface area contributed by atoms with E-state index < -0.39 is 0 Å². The number of aryl methyl sites for hydroxylation is 1. The van der Waals surface area contributed by atoms with Gasteiger partial charge in [-0.15, -0.1) is 0 Å². The van der Waals surface area contributed by atoms with Gasteiger partial charge in [0, 0.05) is 12.4 Å². The van der Waals surface area contributed by atoms with Crippen LogP contribution in [0.2, 0.25) is 0 Å². The van der Waals surface area contributed by atoms with E-state index in [-0.39, 0.29) is 17.9 Å². The van der Waals surface area contributed by atoms with Gasteiger partial charge < -0.3 is 14.5 Å². The van der Waals surface area contributed by atoms with Gasteiger partial charge in [0.05, 0.1) is 23.4 Å². The highest BCUT2D eigenvalue weighted by atomic mass is 16.5. The largest absolute Gasteiger partial charge is 0.481 e. The number of hydrogen-bond acceptors (Lipinski definition) is 4. The van der Waals surface area contributed by atoms with Crippen LogP contribution in [0.15, 0.2) is 36.5 Å². The van der Waals surface area contributed by atoms with Crippen LogP contribution in [-0.4, -0.2) is 54.4 Å². The predicted molar refractivity (Wildman–Crippen MR) is 137 cm³/mol. The first-order valence-corrected chi connectivity index (χ1v) is 12.5. The maximum atomic E-state index is 12.3. The summed E-state index contributed by atoms with van der Waals surface area (Å²) in [6.45, 7) is 9.05. The van der Waals surface area contributed by atoms with Crippen molar-refractivity contribution in [1.29, 1.82) is 0 Å². The van der Waals surface area contributed by atoms with E-state index in [0.29, 0.717) is 6.04 Å². The number of aromatic nitrogens is 2. The molecule has 34 heavy (non-hydrogen) atoms. The summed E-state index contributed by atoms with van der Waals surface area (Å²) in [7, 11) is 4.05. The number of carbonyl (C=O) groups is 1. The standard InChI is InChI=1S/C28H36N4O2/c1-6-19-7-8-20(27-26(19)31(5)25(33)18-34-27)16-28(2,3)22-10-9-21-17-29-32(24(21)15-22)23-11-13-30(4)14-12-23/h7-10,15,17,23H,6,11-14,16,18H2,1-5H3. The number of piperidine rings is 1. The van der Waals surface area contributed by atoms with E-state index in [1.54, 1.807) is 4.90 Å². The molecule has 3 heterocycles. The molecule has 2 aliphatic heterocycles. The minimum absolute atomic E-state index is 0.00577. The maximum absolute atomic E-state index is 12.3. The van der Waals surface area contributed by atoms with E-state index in [1.165, 1.54) is 16.5 Å². The van der Waals surface area contributed by atoms with Crippen molar-refractivity contribution in [1.82, 2.24) is 14.7 Å². The molecule has 0 bridgehead atoms. The van der Waals surface area contributed by atoms with Gasteiger partial charge in [0.15, 0.2) is 6.61 Å². The monoisotopic (exact) mass is 460 g/mol. The van der Waals surface area contributed by atoms with Crippen molar-refractivity contribution in [2.24, 2.45) is 0 Å². The highest BCUT2D eigenvalue weighted by Crippen LogP contribution is 2.42. The zero-order chi connectivity index (χ0) is 24.0. The summed E-state index contributed by atoms with van der Waals surface area (Å²) in [6, 6.07) is 11.6. The molecule has 1 saturated heterocycles. The minimum Gasteiger partial charge on any atom is -0.481 e. The molecule has 180 valence electrons. The molecule has 0 radical (unpaired) electrons. The maximum Gasteiger partial charge on any atom is 0.264 e. The number of fused-ring (bicyclic) bond motifs is 2. The van der Waals surface area contributed by atoms with E-state index in [9.17, 15) is 4.79 Å². The lowest BCUT2D eigenvalue weighted by molar-refractivity contribution is -0.121. The smallest absolute Gasteiger partial charge is 0.264 e. The van der Waals surface area contributed by atoms with Gasteiger partial charge in [-0.05, 0) is 74.0 Å². The molecule has 0 unspecified atom stereocenters. The molecule has 0 N–H and O–H groups in total. The second-order valence-corrected chi connectivity index (χ2v) is 10.6. The Morgan fingerprint density at radius 1 is 1.09 bits per heavy atom. The van der Waals surface area contributed by atoms with Crippen molar-refractivity contribution in [2.75, 3.05) is 38.7 Å². The number of rotatable bonds is 5. The van der Waals surface area contributed by atoms with Gasteiger partial charge >= 0.3 is 0 Å². The molecule has 6 heteroatoms. The van der Waals surface area contributed by atoms with E-state index in [4.69, 9.17) is 9.84 Å². The number of anilines is 1. The van der Waals surface area contributed by atoms with Crippen LogP contribution in [0.4, 0.5) is 5.69 Å². The second-order valence-electron chi connectivity index (χ2n) is 10.6.